The number of hydrogen-bond acceptors (Lipinski definition) is 3. The molecule has 0 heterocycles. The van der Waals surface area contributed by atoms with Crippen LogP contribution in [0.15, 0.2) is 52.7 Å². The molecule has 17 heavy (non-hydrogen) atoms. The lowest BCUT2D eigenvalue weighted by molar-refractivity contribution is 0.476. The maximum atomic E-state index is 9.38. The highest BCUT2D eigenvalue weighted by atomic mass is 35.5. The van der Waals surface area contributed by atoms with Crippen LogP contribution in [0.3, 0.4) is 0 Å². The third-order valence-corrected chi connectivity index (χ3v) is 2.62. The normalized spacial score (nSPS) is 10.9. The van der Waals surface area contributed by atoms with Gasteiger partial charge in [-0.15, -0.1) is 0 Å². The molecule has 86 valence electrons. The van der Waals surface area contributed by atoms with E-state index in [4.69, 9.17) is 23.2 Å². The number of azo groups is 1. The Morgan fingerprint density at radius 1 is 0.824 bits per heavy atom. The predicted molar refractivity (Wildman–Crippen MR) is 68.7 cm³/mol. The predicted octanol–water partition coefficient (Wildman–Crippen LogP) is 5.11. The Labute approximate surface area is 108 Å². The molecule has 2 rings (SSSR count). The summed E-state index contributed by atoms with van der Waals surface area (Å²) in [4.78, 5) is 0. The van der Waals surface area contributed by atoms with Gasteiger partial charge in [-0.3, -0.25) is 0 Å². The third-order valence-electron chi connectivity index (χ3n) is 2.04. The van der Waals surface area contributed by atoms with E-state index in [0.717, 1.165) is 5.69 Å². The minimum atomic E-state index is -0.146. The van der Waals surface area contributed by atoms with Gasteiger partial charge in [0.25, 0.3) is 0 Å². The monoisotopic (exact) mass is 266 g/mol. The van der Waals surface area contributed by atoms with Crippen LogP contribution in [-0.4, -0.2) is 5.11 Å². The summed E-state index contributed by atoms with van der Waals surface area (Å²) in [7, 11) is 0. The van der Waals surface area contributed by atoms with E-state index in [9.17, 15) is 5.11 Å². The molecule has 5 heteroatoms. The van der Waals surface area contributed by atoms with Crippen LogP contribution < -0.4 is 0 Å². The van der Waals surface area contributed by atoms with E-state index in [1.165, 1.54) is 12.1 Å². The molecule has 0 spiro atoms. The summed E-state index contributed by atoms with van der Waals surface area (Å²) in [6.07, 6.45) is 0. The van der Waals surface area contributed by atoms with Gasteiger partial charge in [0.1, 0.15) is 0 Å². The Morgan fingerprint density at radius 2 is 1.35 bits per heavy atom. The van der Waals surface area contributed by atoms with Crippen LogP contribution >= 0.6 is 23.2 Å². The van der Waals surface area contributed by atoms with Gasteiger partial charge in [-0.05, 0) is 24.3 Å². The van der Waals surface area contributed by atoms with Crippen LogP contribution in [0.5, 0.6) is 5.75 Å². The highest BCUT2D eigenvalue weighted by Crippen LogP contribution is 2.36. The second-order valence-corrected chi connectivity index (χ2v) is 4.11. The van der Waals surface area contributed by atoms with Crippen LogP contribution in [0.2, 0.25) is 10.0 Å². The molecular weight excluding hydrogens is 259 g/mol. The van der Waals surface area contributed by atoms with E-state index in [-0.39, 0.29) is 15.8 Å². The molecule has 3 nitrogen and oxygen atoms in total. The lowest BCUT2D eigenvalue weighted by Gasteiger charge is -2.00. The molecule has 2 aromatic carbocycles. The largest absolute Gasteiger partial charge is 0.505 e. The lowest BCUT2D eigenvalue weighted by Crippen LogP contribution is -1.71. The lowest BCUT2D eigenvalue weighted by atomic mass is 10.3. The van der Waals surface area contributed by atoms with E-state index in [0.29, 0.717) is 5.69 Å². The Bertz CT molecular complexity index is 533. The number of nitrogens with zero attached hydrogens (tertiary/aromatic N) is 2. The van der Waals surface area contributed by atoms with Crippen molar-refractivity contribution in [3.63, 3.8) is 0 Å². The van der Waals surface area contributed by atoms with Crippen LogP contribution in [0.25, 0.3) is 0 Å². The van der Waals surface area contributed by atoms with Gasteiger partial charge >= 0.3 is 0 Å². The van der Waals surface area contributed by atoms with Crippen molar-refractivity contribution >= 4 is 34.6 Å². The average Bonchev–Trinajstić information content (AvgIpc) is 2.34. The van der Waals surface area contributed by atoms with Crippen LogP contribution in [0, 0.1) is 0 Å². The molecule has 0 aromatic heterocycles. The smallest absolute Gasteiger partial charge is 0.152 e. The molecule has 0 radical (unpaired) electrons. The first kappa shape index (κ1) is 11.9. The summed E-state index contributed by atoms with van der Waals surface area (Å²) in [5, 5.41) is 17.7. The van der Waals surface area contributed by atoms with Gasteiger partial charge in [-0.25, -0.2) is 0 Å². The molecule has 0 saturated heterocycles. The Kier molecular flexibility index (Phi) is 3.61. The summed E-state index contributed by atoms with van der Waals surface area (Å²) in [6.45, 7) is 0. The summed E-state index contributed by atoms with van der Waals surface area (Å²) in [6, 6.07) is 12.3. The summed E-state index contributed by atoms with van der Waals surface area (Å²) in [5.41, 5.74) is 1.22. The first-order chi connectivity index (χ1) is 8.16. The standard InChI is InChI=1S/C12H8Cl2N2O/c13-10-6-9(7-11(14)12(10)17)16-15-8-4-2-1-3-5-8/h1-7,17H/b16-15+. The highest BCUT2D eigenvalue weighted by molar-refractivity contribution is 6.37. The number of phenolic OH excluding ortho intramolecular Hbond substituents is 1. The molecule has 2 aromatic rings. The fourth-order valence-corrected chi connectivity index (χ4v) is 1.70. The van der Waals surface area contributed by atoms with E-state index in [1.54, 1.807) is 0 Å². The molecule has 0 bridgehead atoms. The van der Waals surface area contributed by atoms with E-state index < -0.39 is 0 Å². The second kappa shape index (κ2) is 5.17. The number of phenols is 1. The van der Waals surface area contributed by atoms with Gasteiger partial charge in [0.15, 0.2) is 5.75 Å². The van der Waals surface area contributed by atoms with Crippen molar-refractivity contribution in [2.45, 2.75) is 0 Å². The molecule has 0 aliphatic rings. The summed E-state index contributed by atoms with van der Waals surface area (Å²) < 4.78 is 0. The molecule has 0 unspecified atom stereocenters. The van der Waals surface area contributed by atoms with Crippen molar-refractivity contribution in [3.05, 3.63) is 52.5 Å². The van der Waals surface area contributed by atoms with Crippen LogP contribution in [-0.2, 0) is 0 Å². The Balaban J connectivity index is 2.28. The van der Waals surface area contributed by atoms with Crippen molar-refractivity contribution in [1.29, 1.82) is 0 Å². The molecular formula is C12H8Cl2N2O. The van der Waals surface area contributed by atoms with Crippen molar-refractivity contribution in [2.24, 2.45) is 10.2 Å². The van der Waals surface area contributed by atoms with Crippen LogP contribution in [0.4, 0.5) is 11.4 Å². The zero-order valence-electron chi connectivity index (χ0n) is 8.64. The van der Waals surface area contributed by atoms with Gasteiger partial charge < -0.3 is 5.11 Å². The molecule has 0 aliphatic carbocycles. The van der Waals surface area contributed by atoms with Gasteiger partial charge in [0.05, 0.1) is 21.4 Å². The molecule has 0 fully saturated rings. The maximum Gasteiger partial charge on any atom is 0.152 e. The number of rotatable bonds is 2. The molecule has 0 aliphatic heterocycles. The number of hydrogen-bond donors (Lipinski definition) is 1. The summed E-state index contributed by atoms with van der Waals surface area (Å²) in [5.74, 6) is -0.146. The van der Waals surface area contributed by atoms with Crippen molar-refractivity contribution in [1.82, 2.24) is 0 Å². The zero-order chi connectivity index (χ0) is 12.3. The second-order valence-electron chi connectivity index (χ2n) is 3.29. The first-order valence-corrected chi connectivity index (χ1v) is 5.57. The fourth-order valence-electron chi connectivity index (χ4n) is 1.22. The zero-order valence-corrected chi connectivity index (χ0v) is 10.2. The molecule has 0 saturated carbocycles. The minimum absolute atomic E-state index is 0.146. The summed E-state index contributed by atoms with van der Waals surface area (Å²) >= 11 is 11.5. The van der Waals surface area contributed by atoms with Crippen LogP contribution in [0.1, 0.15) is 0 Å². The van der Waals surface area contributed by atoms with E-state index in [1.807, 2.05) is 30.3 Å². The van der Waals surface area contributed by atoms with Crippen molar-refractivity contribution < 1.29 is 5.11 Å². The number of halogens is 2. The first-order valence-electron chi connectivity index (χ1n) is 4.81. The topological polar surface area (TPSA) is 45.0 Å². The van der Waals surface area contributed by atoms with Crippen molar-refractivity contribution in [3.8, 4) is 5.75 Å². The maximum absolute atomic E-state index is 9.38. The van der Waals surface area contributed by atoms with Gasteiger partial charge in [0, 0.05) is 0 Å². The SMILES string of the molecule is Oc1c(Cl)cc(/N=N/c2ccccc2)cc1Cl. The van der Waals surface area contributed by atoms with Gasteiger partial charge in [0.2, 0.25) is 0 Å². The van der Waals surface area contributed by atoms with Gasteiger partial charge in [-0.2, -0.15) is 10.2 Å². The molecule has 0 amide bonds. The quantitative estimate of drug-likeness (QED) is 0.754. The number of benzene rings is 2. The molecule has 1 N–H and O–H groups in total. The minimum Gasteiger partial charge on any atom is -0.505 e. The van der Waals surface area contributed by atoms with Gasteiger partial charge in [-0.1, -0.05) is 41.4 Å². The fraction of sp³-hybridized carbons (Fsp3) is 0. The van der Waals surface area contributed by atoms with Crippen molar-refractivity contribution in [2.75, 3.05) is 0 Å². The third kappa shape index (κ3) is 2.96. The molecule has 0 atom stereocenters. The highest BCUT2D eigenvalue weighted by Gasteiger charge is 2.05. The Hall–Kier alpha value is -1.58. The average molecular weight is 267 g/mol. The number of aromatic hydroxyl groups is 1. The van der Waals surface area contributed by atoms with E-state index >= 15 is 0 Å². The Morgan fingerprint density at radius 3 is 1.94 bits per heavy atom. The van der Waals surface area contributed by atoms with E-state index in [2.05, 4.69) is 10.2 Å².